The number of ether oxygens (including phenoxy) is 2. The molecule has 1 aliphatic carbocycles. The van der Waals surface area contributed by atoms with Crippen LogP contribution in [0.2, 0.25) is 0 Å². The minimum atomic E-state index is 0.0787. The van der Waals surface area contributed by atoms with E-state index in [9.17, 15) is 0 Å². The summed E-state index contributed by atoms with van der Waals surface area (Å²) in [6, 6.07) is 9.18. The molecule has 1 saturated carbocycles. The van der Waals surface area contributed by atoms with Crippen LogP contribution in [0.25, 0.3) is 0 Å². The lowest BCUT2D eigenvalue weighted by Crippen LogP contribution is -2.35. The van der Waals surface area contributed by atoms with E-state index < -0.39 is 0 Å². The van der Waals surface area contributed by atoms with Gasteiger partial charge < -0.3 is 14.8 Å². The van der Waals surface area contributed by atoms with Crippen LogP contribution in [0.5, 0.6) is 5.75 Å². The maximum Gasteiger partial charge on any atom is 0.134 e. The molecule has 3 nitrogen and oxygen atoms in total. The average molecular weight is 277 g/mol. The van der Waals surface area contributed by atoms with Crippen LogP contribution in [0.4, 0.5) is 0 Å². The molecule has 0 heterocycles. The Kier molecular flexibility index (Phi) is 5.86. The predicted molar refractivity (Wildman–Crippen MR) is 82.5 cm³/mol. The van der Waals surface area contributed by atoms with Crippen LogP contribution in [0.15, 0.2) is 24.3 Å². The summed E-state index contributed by atoms with van der Waals surface area (Å²) in [6.07, 6.45) is 3.83. The van der Waals surface area contributed by atoms with E-state index in [4.69, 9.17) is 9.47 Å². The molecule has 0 aliphatic heterocycles. The van der Waals surface area contributed by atoms with E-state index >= 15 is 0 Å². The monoisotopic (exact) mass is 277 g/mol. The summed E-state index contributed by atoms with van der Waals surface area (Å²) in [6.45, 7) is 5.94. The van der Waals surface area contributed by atoms with E-state index in [-0.39, 0.29) is 6.10 Å². The molecule has 3 heteroatoms. The van der Waals surface area contributed by atoms with E-state index in [1.54, 1.807) is 7.11 Å². The Bertz CT molecular complexity index is 386. The van der Waals surface area contributed by atoms with E-state index in [0.29, 0.717) is 18.6 Å². The Morgan fingerprint density at radius 2 is 1.95 bits per heavy atom. The van der Waals surface area contributed by atoms with Gasteiger partial charge >= 0.3 is 0 Å². The number of nitrogens with one attached hydrogen (secondary N) is 1. The van der Waals surface area contributed by atoms with Crippen molar-refractivity contribution in [2.45, 2.75) is 51.2 Å². The zero-order chi connectivity index (χ0) is 14.4. The molecule has 1 aliphatic rings. The highest BCUT2D eigenvalue weighted by Gasteiger charge is 2.22. The van der Waals surface area contributed by atoms with Crippen molar-refractivity contribution in [2.24, 2.45) is 0 Å². The fourth-order valence-electron chi connectivity index (χ4n) is 2.21. The SMILES string of the molecule is CCC(C)c1ccc(OC(CNC2CC2)COC)cc1. The van der Waals surface area contributed by atoms with E-state index in [2.05, 4.69) is 43.4 Å². The van der Waals surface area contributed by atoms with Crippen molar-refractivity contribution in [1.82, 2.24) is 5.32 Å². The Morgan fingerprint density at radius 3 is 2.50 bits per heavy atom. The molecule has 1 fully saturated rings. The number of benzene rings is 1. The van der Waals surface area contributed by atoms with Crippen LogP contribution in [0.3, 0.4) is 0 Å². The molecule has 0 radical (unpaired) electrons. The van der Waals surface area contributed by atoms with Crippen LogP contribution in [-0.2, 0) is 4.74 Å². The fourth-order valence-corrected chi connectivity index (χ4v) is 2.21. The Balaban J connectivity index is 1.87. The van der Waals surface area contributed by atoms with Gasteiger partial charge in [-0.1, -0.05) is 26.0 Å². The smallest absolute Gasteiger partial charge is 0.134 e. The molecule has 0 aromatic heterocycles. The first kappa shape index (κ1) is 15.3. The normalized spacial score (nSPS) is 17.8. The first-order chi connectivity index (χ1) is 9.72. The van der Waals surface area contributed by atoms with Crippen LogP contribution < -0.4 is 10.1 Å². The first-order valence-corrected chi connectivity index (χ1v) is 7.71. The van der Waals surface area contributed by atoms with Crippen molar-refractivity contribution >= 4 is 0 Å². The molecular formula is C17H27NO2. The van der Waals surface area contributed by atoms with Crippen LogP contribution >= 0.6 is 0 Å². The predicted octanol–water partition coefficient (Wildman–Crippen LogP) is 3.35. The lowest BCUT2D eigenvalue weighted by atomic mass is 9.99. The largest absolute Gasteiger partial charge is 0.487 e. The molecule has 1 aromatic rings. The van der Waals surface area contributed by atoms with E-state index in [1.807, 2.05) is 0 Å². The highest BCUT2D eigenvalue weighted by molar-refractivity contribution is 5.29. The van der Waals surface area contributed by atoms with Crippen molar-refractivity contribution in [3.05, 3.63) is 29.8 Å². The molecular weight excluding hydrogens is 250 g/mol. The van der Waals surface area contributed by atoms with Crippen molar-refractivity contribution < 1.29 is 9.47 Å². The average Bonchev–Trinajstić information content (AvgIpc) is 3.29. The third-order valence-corrected chi connectivity index (χ3v) is 3.93. The second-order valence-corrected chi connectivity index (χ2v) is 5.76. The van der Waals surface area contributed by atoms with Gasteiger partial charge in [-0.05, 0) is 42.9 Å². The molecule has 112 valence electrons. The van der Waals surface area contributed by atoms with Gasteiger partial charge in [0.1, 0.15) is 11.9 Å². The summed E-state index contributed by atoms with van der Waals surface area (Å²) in [5.41, 5.74) is 1.37. The number of rotatable bonds is 9. The van der Waals surface area contributed by atoms with Gasteiger partial charge in [-0.3, -0.25) is 0 Å². The quantitative estimate of drug-likeness (QED) is 0.751. The van der Waals surface area contributed by atoms with Gasteiger partial charge in [-0.25, -0.2) is 0 Å². The maximum atomic E-state index is 6.01. The van der Waals surface area contributed by atoms with E-state index in [1.165, 1.54) is 18.4 Å². The van der Waals surface area contributed by atoms with Crippen molar-refractivity contribution in [3.8, 4) is 5.75 Å². The summed E-state index contributed by atoms with van der Waals surface area (Å²) in [7, 11) is 1.72. The lowest BCUT2D eigenvalue weighted by Gasteiger charge is -2.19. The third-order valence-electron chi connectivity index (χ3n) is 3.93. The van der Waals surface area contributed by atoms with Crippen molar-refractivity contribution in [2.75, 3.05) is 20.3 Å². The second-order valence-electron chi connectivity index (χ2n) is 5.76. The Labute approximate surface area is 122 Å². The lowest BCUT2D eigenvalue weighted by molar-refractivity contribution is 0.0804. The fraction of sp³-hybridized carbons (Fsp3) is 0.647. The highest BCUT2D eigenvalue weighted by atomic mass is 16.5. The van der Waals surface area contributed by atoms with Gasteiger partial charge in [-0.15, -0.1) is 0 Å². The molecule has 1 N–H and O–H groups in total. The molecule has 0 spiro atoms. The van der Waals surface area contributed by atoms with Crippen LogP contribution in [-0.4, -0.2) is 32.4 Å². The summed E-state index contributed by atoms with van der Waals surface area (Å²) >= 11 is 0. The maximum absolute atomic E-state index is 6.01. The van der Waals surface area contributed by atoms with Crippen LogP contribution in [0, 0.1) is 0 Å². The minimum absolute atomic E-state index is 0.0787. The van der Waals surface area contributed by atoms with Crippen LogP contribution in [0.1, 0.15) is 44.6 Å². The van der Waals surface area contributed by atoms with Gasteiger partial charge in [0, 0.05) is 19.7 Å². The molecule has 2 rings (SSSR count). The van der Waals surface area contributed by atoms with Gasteiger partial charge in [0.15, 0.2) is 0 Å². The molecule has 0 amide bonds. The second kappa shape index (κ2) is 7.65. The van der Waals surface area contributed by atoms with Gasteiger partial charge in [-0.2, -0.15) is 0 Å². The summed E-state index contributed by atoms with van der Waals surface area (Å²) in [5.74, 6) is 1.53. The topological polar surface area (TPSA) is 30.5 Å². The zero-order valence-electron chi connectivity index (χ0n) is 12.9. The summed E-state index contributed by atoms with van der Waals surface area (Å²) in [4.78, 5) is 0. The number of methoxy groups -OCH3 is 1. The summed E-state index contributed by atoms with van der Waals surface area (Å²) in [5, 5.41) is 3.50. The van der Waals surface area contributed by atoms with Crippen molar-refractivity contribution in [3.63, 3.8) is 0 Å². The third kappa shape index (κ3) is 4.80. The standard InChI is InChI=1S/C17H27NO2/c1-4-13(2)14-5-9-16(10-6-14)20-17(12-19-3)11-18-15-7-8-15/h5-6,9-10,13,15,17-18H,4,7-8,11-12H2,1-3H3. The van der Waals surface area contributed by atoms with E-state index in [0.717, 1.165) is 18.7 Å². The van der Waals surface area contributed by atoms with Crippen molar-refractivity contribution in [1.29, 1.82) is 0 Å². The molecule has 1 aromatic carbocycles. The van der Waals surface area contributed by atoms with Gasteiger partial charge in [0.2, 0.25) is 0 Å². The zero-order valence-corrected chi connectivity index (χ0v) is 12.9. The highest BCUT2D eigenvalue weighted by Crippen LogP contribution is 2.22. The number of hydrogen-bond acceptors (Lipinski definition) is 3. The number of hydrogen-bond donors (Lipinski definition) is 1. The van der Waals surface area contributed by atoms with Gasteiger partial charge in [0.05, 0.1) is 6.61 Å². The Morgan fingerprint density at radius 1 is 1.25 bits per heavy atom. The molecule has 2 atom stereocenters. The first-order valence-electron chi connectivity index (χ1n) is 7.71. The molecule has 0 bridgehead atoms. The Hall–Kier alpha value is -1.06. The molecule has 2 unspecified atom stereocenters. The molecule has 20 heavy (non-hydrogen) atoms. The summed E-state index contributed by atoms with van der Waals surface area (Å²) < 4.78 is 11.3. The van der Waals surface area contributed by atoms with Gasteiger partial charge in [0.25, 0.3) is 0 Å². The molecule has 0 saturated heterocycles. The minimum Gasteiger partial charge on any atom is -0.487 e.